The number of allylic oxidation sites excluding steroid dienone is 4. The maximum absolute atomic E-state index is 13.0. The molecule has 0 spiro atoms. The predicted molar refractivity (Wildman–Crippen MR) is 363 cm³/mol. The van der Waals surface area contributed by atoms with E-state index in [0.29, 0.717) is 19.3 Å². The Bertz CT molecular complexity index is 1340. The summed E-state index contributed by atoms with van der Waals surface area (Å²) in [6, 6.07) is 0. The van der Waals surface area contributed by atoms with Gasteiger partial charge in [0.05, 0.1) is 0 Å². The Kier molecular flexibility index (Phi) is 70.5. The normalized spacial score (nSPS) is 12.1. The van der Waals surface area contributed by atoms with Gasteiger partial charge in [-0.3, -0.25) is 14.4 Å². The van der Waals surface area contributed by atoms with E-state index in [1.165, 1.54) is 327 Å². The van der Waals surface area contributed by atoms with E-state index in [4.69, 9.17) is 14.2 Å². The van der Waals surface area contributed by atoms with Crippen molar-refractivity contribution in [3.63, 3.8) is 0 Å². The SMILES string of the molecule is CCCCC/C=C\CCCCCCCC(=O)OCC(COC(=O)CCCCCCCCCCCCCCCCCCC/C=C\CCCCCCCCCC)OC(=O)CCCCCCCCCCCCCCCCCCCCCCCCCC. The first-order chi connectivity index (χ1) is 41.0. The van der Waals surface area contributed by atoms with Gasteiger partial charge in [0.15, 0.2) is 6.10 Å². The Morgan fingerprint density at radius 1 is 0.229 bits per heavy atom. The summed E-state index contributed by atoms with van der Waals surface area (Å²) in [5.41, 5.74) is 0. The van der Waals surface area contributed by atoms with E-state index >= 15 is 0 Å². The van der Waals surface area contributed by atoms with Crippen LogP contribution in [0.25, 0.3) is 0 Å². The first kappa shape index (κ1) is 80.9. The standard InChI is InChI=1S/C77H146O6/c1-4-7-10-13-16-19-22-25-27-29-31-33-35-37-38-39-40-41-43-44-46-48-50-52-55-58-61-64-67-70-76(79)82-73-74(72-81-75(78)69-66-63-60-57-54-24-21-18-15-12-9-6-3)83-77(80)71-68-65-62-59-56-53-51-49-47-45-42-36-34-32-30-28-26-23-20-17-14-11-8-5-2/h18,21,29,31,74H,4-17,19-20,22-28,30,32-73H2,1-3H3/b21-18-,31-29-. The fraction of sp³-hybridized carbons (Fsp3) is 0.909. The molecule has 0 aliphatic heterocycles. The van der Waals surface area contributed by atoms with E-state index in [0.717, 1.165) is 64.2 Å². The number of esters is 3. The molecular weight excluding hydrogens is 1020 g/mol. The van der Waals surface area contributed by atoms with Crippen LogP contribution in [0.15, 0.2) is 24.3 Å². The number of ether oxygens (including phenoxy) is 3. The highest BCUT2D eigenvalue weighted by Crippen LogP contribution is 2.19. The highest BCUT2D eigenvalue weighted by molar-refractivity contribution is 5.71. The number of rotatable bonds is 71. The van der Waals surface area contributed by atoms with Gasteiger partial charge in [-0.2, -0.15) is 0 Å². The van der Waals surface area contributed by atoms with Gasteiger partial charge >= 0.3 is 17.9 Å². The van der Waals surface area contributed by atoms with Crippen LogP contribution in [0.3, 0.4) is 0 Å². The quantitative estimate of drug-likeness (QED) is 0.0261. The molecule has 0 aliphatic carbocycles. The fourth-order valence-electron chi connectivity index (χ4n) is 11.7. The molecule has 0 amide bonds. The first-order valence-electron chi connectivity index (χ1n) is 37.8. The van der Waals surface area contributed by atoms with Crippen LogP contribution in [0.2, 0.25) is 0 Å². The summed E-state index contributed by atoms with van der Waals surface area (Å²) < 4.78 is 17.0. The fourth-order valence-corrected chi connectivity index (χ4v) is 11.7. The molecule has 0 N–H and O–H groups in total. The number of hydrogen-bond acceptors (Lipinski definition) is 6. The molecule has 0 bridgehead atoms. The van der Waals surface area contributed by atoms with E-state index in [-0.39, 0.29) is 31.1 Å². The summed E-state index contributed by atoms with van der Waals surface area (Å²) in [6.07, 6.45) is 89.5. The van der Waals surface area contributed by atoms with Gasteiger partial charge in [-0.15, -0.1) is 0 Å². The van der Waals surface area contributed by atoms with Crippen molar-refractivity contribution < 1.29 is 28.6 Å². The first-order valence-corrected chi connectivity index (χ1v) is 37.8. The maximum atomic E-state index is 13.0. The molecule has 83 heavy (non-hydrogen) atoms. The lowest BCUT2D eigenvalue weighted by Gasteiger charge is -2.18. The Morgan fingerprint density at radius 3 is 0.627 bits per heavy atom. The number of carbonyl (C=O) groups is 3. The second-order valence-corrected chi connectivity index (χ2v) is 25.9. The van der Waals surface area contributed by atoms with Crippen molar-refractivity contribution in [2.45, 2.75) is 438 Å². The third kappa shape index (κ3) is 70.5. The van der Waals surface area contributed by atoms with Crippen LogP contribution in [-0.4, -0.2) is 37.2 Å². The predicted octanol–water partition coefficient (Wildman–Crippen LogP) is 26.1. The van der Waals surface area contributed by atoms with Crippen molar-refractivity contribution in [1.29, 1.82) is 0 Å². The van der Waals surface area contributed by atoms with Crippen molar-refractivity contribution in [2.24, 2.45) is 0 Å². The minimum Gasteiger partial charge on any atom is -0.462 e. The summed E-state index contributed by atoms with van der Waals surface area (Å²) in [5, 5.41) is 0. The average molecular weight is 1170 g/mol. The monoisotopic (exact) mass is 1170 g/mol. The molecule has 0 radical (unpaired) electrons. The van der Waals surface area contributed by atoms with Crippen molar-refractivity contribution in [3.8, 4) is 0 Å². The molecule has 0 aromatic heterocycles. The van der Waals surface area contributed by atoms with Crippen LogP contribution < -0.4 is 0 Å². The molecule has 6 nitrogen and oxygen atoms in total. The molecule has 0 rings (SSSR count). The minimum atomic E-state index is -0.772. The maximum Gasteiger partial charge on any atom is 0.306 e. The second kappa shape index (κ2) is 72.4. The molecule has 0 saturated carbocycles. The van der Waals surface area contributed by atoms with Crippen molar-refractivity contribution in [3.05, 3.63) is 24.3 Å². The smallest absolute Gasteiger partial charge is 0.306 e. The van der Waals surface area contributed by atoms with Gasteiger partial charge in [-0.05, 0) is 70.6 Å². The molecule has 6 heteroatoms. The van der Waals surface area contributed by atoms with Crippen molar-refractivity contribution >= 4 is 17.9 Å². The third-order valence-corrected chi connectivity index (χ3v) is 17.4. The highest BCUT2D eigenvalue weighted by atomic mass is 16.6. The molecule has 1 unspecified atom stereocenters. The average Bonchev–Trinajstić information content (AvgIpc) is 3.49. The van der Waals surface area contributed by atoms with Gasteiger partial charge in [0, 0.05) is 19.3 Å². The number of carbonyl (C=O) groups excluding carboxylic acids is 3. The zero-order valence-electron chi connectivity index (χ0n) is 56.5. The van der Waals surface area contributed by atoms with Crippen molar-refractivity contribution in [1.82, 2.24) is 0 Å². The zero-order valence-corrected chi connectivity index (χ0v) is 56.5. The van der Waals surface area contributed by atoms with Crippen LogP contribution >= 0.6 is 0 Å². The van der Waals surface area contributed by atoms with Crippen LogP contribution in [0.5, 0.6) is 0 Å². The molecule has 0 aromatic rings. The van der Waals surface area contributed by atoms with E-state index in [1.54, 1.807) is 0 Å². The number of unbranched alkanes of at least 4 members (excludes halogenated alkanes) is 56. The summed E-state index contributed by atoms with van der Waals surface area (Å²) in [5.74, 6) is -0.842. The van der Waals surface area contributed by atoms with Crippen molar-refractivity contribution in [2.75, 3.05) is 13.2 Å². The van der Waals surface area contributed by atoms with Gasteiger partial charge in [0.1, 0.15) is 13.2 Å². The van der Waals surface area contributed by atoms with E-state index in [1.807, 2.05) is 0 Å². The molecule has 0 heterocycles. The van der Waals surface area contributed by atoms with Gasteiger partial charge in [-0.1, -0.05) is 366 Å². The van der Waals surface area contributed by atoms with E-state index < -0.39 is 6.10 Å². The van der Waals surface area contributed by atoms with Gasteiger partial charge < -0.3 is 14.2 Å². The lowest BCUT2D eigenvalue weighted by Crippen LogP contribution is -2.30. The Labute approximate surface area is 519 Å². The Hall–Kier alpha value is -2.11. The highest BCUT2D eigenvalue weighted by Gasteiger charge is 2.20. The van der Waals surface area contributed by atoms with Crippen LogP contribution in [0.1, 0.15) is 432 Å². The summed E-state index contributed by atoms with van der Waals surface area (Å²) >= 11 is 0. The van der Waals surface area contributed by atoms with Crippen LogP contribution in [-0.2, 0) is 28.6 Å². The van der Waals surface area contributed by atoms with Gasteiger partial charge in [-0.25, -0.2) is 0 Å². The molecular formula is C77H146O6. The van der Waals surface area contributed by atoms with Gasteiger partial charge in [0.25, 0.3) is 0 Å². The summed E-state index contributed by atoms with van der Waals surface area (Å²) in [7, 11) is 0. The topological polar surface area (TPSA) is 78.9 Å². The molecule has 0 saturated heterocycles. The largest absolute Gasteiger partial charge is 0.462 e. The molecule has 0 aliphatic rings. The number of hydrogen-bond donors (Lipinski definition) is 0. The summed E-state index contributed by atoms with van der Waals surface area (Å²) in [6.45, 7) is 6.70. The lowest BCUT2D eigenvalue weighted by atomic mass is 10.0. The molecule has 490 valence electrons. The Morgan fingerprint density at radius 2 is 0.398 bits per heavy atom. The van der Waals surface area contributed by atoms with Crippen LogP contribution in [0.4, 0.5) is 0 Å². The van der Waals surface area contributed by atoms with E-state index in [2.05, 4.69) is 45.1 Å². The van der Waals surface area contributed by atoms with E-state index in [9.17, 15) is 14.4 Å². The molecule has 0 aromatic carbocycles. The second-order valence-electron chi connectivity index (χ2n) is 25.9. The van der Waals surface area contributed by atoms with Crippen LogP contribution in [0, 0.1) is 0 Å². The third-order valence-electron chi connectivity index (χ3n) is 17.4. The zero-order chi connectivity index (χ0) is 59.9. The lowest BCUT2D eigenvalue weighted by molar-refractivity contribution is -0.167. The van der Waals surface area contributed by atoms with Gasteiger partial charge in [0.2, 0.25) is 0 Å². The summed E-state index contributed by atoms with van der Waals surface area (Å²) in [4.78, 5) is 38.4. The minimum absolute atomic E-state index is 0.0674. The molecule has 1 atom stereocenters. The Balaban J connectivity index is 4.14. The molecule has 0 fully saturated rings.